The summed E-state index contributed by atoms with van der Waals surface area (Å²) in [7, 11) is 0. The maximum absolute atomic E-state index is 11.7. The zero-order valence-electron chi connectivity index (χ0n) is 11.6. The van der Waals surface area contributed by atoms with Gasteiger partial charge in [-0.3, -0.25) is 4.79 Å². The molecule has 0 aliphatic carbocycles. The highest BCUT2D eigenvalue weighted by Gasteiger charge is 2.10. The van der Waals surface area contributed by atoms with Crippen molar-refractivity contribution in [3.63, 3.8) is 0 Å². The average molecular weight is 287 g/mol. The second kappa shape index (κ2) is 6.34. The summed E-state index contributed by atoms with van der Waals surface area (Å²) in [5, 5.41) is 8.39. The van der Waals surface area contributed by atoms with E-state index in [9.17, 15) is 4.79 Å². The van der Waals surface area contributed by atoms with Crippen LogP contribution in [0, 0.1) is 13.8 Å². The molecular weight excluding hydrogens is 270 g/mol. The van der Waals surface area contributed by atoms with Gasteiger partial charge in [-0.15, -0.1) is 17.9 Å². The molecule has 4 nitrogen and oxygen atoms in total. The highest BCUT2D eigenvalue weighted by molar-refractivity contribution is 7.14. The lowest BCUT2D eigenvalue weighted by atomic mass is 10.1. The van der Waals surface area contributed by atoms with Crippen LogP contribution in [0.1, 0.15) is 21.6 Å². The second-order valence-corrected chi connectivity index (χ2v) is 5.34. The topological polar surface area (TPSA) is 54.0 Å². The summed E-state index contributed by atoms with van der Waals surface area (Å²) in [6, 6.07) is 6.16. The molecule has 1 aromatic carbocycles. The zero-order chi connectivity index (χ0) is 14.5. The standard InChI is InChI=1S/C15H17N3OS/c1-4-7-16-14(19)13-9-20-15(18-13)17-12-6-5-10(2)8-11(12)3/h4-6,8-9H,1,7H2,2-3H3,(H,16,19)(H,17,18). The van der Waals surface area contributed by atoms with E-state index in [1.807, 2.05) is 19.1 Å². The number of nitrogens with zero attached hydrogens (tertiary/aromatic N) is 1. The summed E-state index contributed by atoms with van der Waals surface area (Å²) < 4.78 is 0. The first-order valence-electron chi connectivity index (χ1n) is 6.29. The van der Waals surface area contributed by atoms with E-state index in [-0.39, 0.29) is 5.91 Å². The maximum Gasteiger partial charge on any atom is 0.271 e. The van der Waals surface area contributed by atoms with E-state index in [0.717, 1.165) is 11.3 Å². The van der Waals surface area contributed by atoms with Crippen molar-refractivity contribution in [2.45, 2.75) is 13.8 Å². The minimum absolute atomic E-state index is 0.185. The van der Waals surface area contributed by atoms with Gasteiger partial charge in [0, 0.05) is 17.6 Å². The van der Waals surface area contributed by atoms with Gasteiger partial charge in [0.25, 0.3) is 5.91 Å². The second-order valence-electron chi connectivity index (χ2n) is 4.48. The van der Waals surface area contributed by atoms with Gasteiger partial charge in [0.05, 0.1) is 0 Å². The fourth-order valence-corrected chi connectivity index (χ4v) is 2.46. The smallest absolute Gasteiger partial charge is 0.271 e. The van der Waals surface area contributed by atoms with Gasteiger partial charge in [0.2, 0.25) is 0 Å². The number of nitrogens with one attached hydrogen (secondary N) is 2. The van der Waals surface area contributed by atoms with E-state index in [0.29, 0.717) is 17.4 Å². The largest absolute Gasteiger partial charge is 0.347 e. The lowest BCUT2D eigenvalue weighted by Gasteiger charge is -2.07. The quantitative estimate of drug-likeness (QED) is 0.828. The Morgan fingerprint density at radius 3 is 2.95 bits per heavy atom. The zero-order valence-corrected chi connectivity index (χ0v) is 12.4. The van der Waals surface area contributed by atoms with Crippen LogP contribution >= 0.6 is 11.3 Å². The number of hydrogen-bond donors (Lipinski definition) is 2. The molecular formula is C15H17N3OS. The van der Waals surface area contributed by atoms with Crippen LogP contribution in [0.25, 0.3) is 0 Å². The van der Waals surface area contributed by atoms with Gasteiger partial charge in [-0.1, -0.05) is 23.8 Å². The molecule has 0 fully saturated rings. The van der Waals surface area contributed by atoms with E-state index in [4.69, 9.17) is 0 Å². The van der Waals surface area contributed by atoms with Crippen molar-refractivity contribution < 1.29 is 4.79 Å². The van der Waals surface area contributed by atoms with Gasteiger partial charge in [0.1, 0.15) is 5.69 Å². The number of thiazole rings is 1. The molecule has 1 aromatic heterocycles. The minimum Gasteiger partial charge on any atom is -0.347 e. The first kappa shape index (κ1) is 14.3. The number of carbonyl (C=O) groups is 1. The molecule has 0 unspecified atom stereocenters. The number of rotatable bonds is 5. The molecule has 0 bridgehead atoms. The number of anilines is 2. The summed E-state index contributed by atoms with van der Waals surface area (Å²) in [6.07, 6.45) is 1.64. The van der Waals surface area contributed by atoms with Gasteiger partial charge in [0.15, 0.2) is 5.13 Å². The van der Waals surface area contributed by atoms with Gasteiger partial charge < -0.3 is 10.6 Å². The highest BCUT2D eigenvalue weighted by Crippen LogP contribution is 2.24. The highest BCUT2D eigenvalue weighted by atomic mass is 32.1. The first-order chi connectivity index (χ1) is 9.60. The van der Waals surface area contributed by atoms with Crippen molar-refractivity contribution in [2.24, 2.45) is 0 Å². The predicted octanol–water partition coefficient (Wildman–Crippen LogP) is 3.42. The van der Waals surface area contributed by atoms with Crippen LogP contribution in [0.15, 0.2) is 36.2 Å². The van der Waals surface area contributed by atoms with Crippen molar-refractivity contribution in [1.29, 1.82) is 0 Å². The molecule has 5 heteroatoms. The van der Waals surface area contributed by atoms with Crippen LogP contribution < -0.4 is 10.6 Å². The molecule has 2 aromatic rings. The van der Waals surface area contributed by atoms with Crippen LogP contribution in [-0.4, -0.2) is 17.4 Å². The molecule has 2 rings (SSSR count). The summed E-state index contributed by atoms with van der Waals surface area (Å²) in [4.78, 5) is 16.0. The molecule has 0 saturated heterocycles. The molecule has 0 aliphatic heterocycles. The summed E-state index contributed by atoms with van der Waals surface area (Å²) in [5.41, 5.74) is 3.79. The van der Waals surface area contributed by atoms with Crippen molar-refractivity contribution in [3.05, 3.63) is 53.1 Å². The third-order valence-electron chi connectivity index (χ3n) is 2.77. The Hall–Kier alpha value is -2.14. The van der Waals surface area contributed by atoms with Crippen molar-refractivity contribution in [3.8, 4) is 0 Å². The molecule has 0 radical (unpaired) electrons. The van der Waals surface area contributed by atoms with Crippen molar-refractivity contribution in [1.82, 2.24) is 10.3 Å². The fourth-order valence-electron chi connectivity index (χ4n) is 1.76. The molecule has 0 saturated carbocycles. The lowest BCUT2D eigenvalue weighted by Crippen LogP contribution is -2.23. The van der Waals surface area contributed by atoms with E-state index in [1.54, 1.807) is 11.5 Å². The Kier molecular flexibility index (Phi) is 4.53. The van der Waals surface area contributed by atoms with Crippen LogP contribution in [0.2, 0.25) is 0 Å². The van der Waals surface area contributed by atoms with Gasteiger partial charge in [-0.05, 0) is 25.5 Å². The Bertz CT molecular complexity index is 634. The Morgan fingerprint density at radius 2 is 2.25 bits per heavy atom. The Morgan fingerprint density at radius 1 is 1.45 bits per heavy atom. The molecule has 1 heterocycles. The first-order valence-corrected chi connectivity index (χ1v) is 7.17. The number of amides is 1. The van der Waals surface area contributed by atoms with Crippen molar-refractivity contribution in [2.75, 3.05) is 11.9 Å². The number of aryl methyl sites for hydroxylation is 2. The van der Waals surface area contributed by atoms with Crippen LogP contribution in [-0.2, 0) is 0 Å². The molecule has 2 N–H and O–H groups in total. The molecule has 0 aliphatic rings. The normalized spacial score (nSPS) is 10.1. The van der Waals surface area contributed by atoms with E-state index < -0.39 is 0 Å². The lowest BCUT2D eigenvalue weighted by molar-refractivity contribution is 0.0954. The summed E-state index contributed by atoms with van der Waals surface area (Å²) in [5.74, 6) is -0.185. The number of hydrogen-bond acceptors (Lipinski definition) is 4. The average Bonchev–Trinajstić information content (AvgIpc) is 2.88. The van der Waals surface area contributed by atoms with E-state index in [2.05, 4.69) is 35.2 Å². The summed E-state index contributed by atoms with van der Waals surface area (Å²) in [6.45, 7) is 8.10. The van der Waals surface area contributed by atoms with Gasteiger partial charge in [-0.25, -0.2) is 4.98 Å². The monoisotopic (exact) mass is 287 g/mol. The van der Waals surface area contributed by atoms with Crippen LogP contribution in [0.5, 0.6) is 0 Å². The van der Waals surface area contributed by atoms with Gasteiger partial charge in [-0.2, -0.15) is 0 Å². The van der Waals surface area contributed by atoms with Gasteiger partial charge >= 0.3 is 0 Å². The molecule has 0 spiro atoms. The molecule has 1 amide bonds. The minimum atomic E-state index is -0.185. The third kappa shape index (κ3) is 3.45. The van der Waals surface area contributed by atoms with Crippen molar-refractivity contribution >= 4 is 28.1 Å². The van der Waals surface area contributed by atoms with E-state index in [1.165, 1.54) is 16.9 Å². The van der Waals surface area contributed by atoms with Crippen LogP contribution in [0.3, 0.4) is 0 Å². The number of carbonyl (C=O) groups excluding carboxylic acids is 1. The predicted molar refractivity (Wildman–Crippen MR) is 83.8 cm³/mol. The summed E-state index contributed by atoms with van der Waals surface area (Å²) >= 11 is 1.41. The molecule has 104 valence electrons. The Balaban J connectivity index is 2.09. The Labute approximate surface area is 122 Å². The third-order valence-corrected chi connectivity index (χ3v) is 3.53. The number of benzene rings is 1. The number of aromatic nitrogens is 1. The van der Waals surface area contributed by atoms with E-state index >= 15 is 0 Å². The maximum atomic E-state index is 11.7. The molecule has 0 atom stereocenters. The van der Waals surface area contributed by atoms with Crippen LogP contribution in [0.4, 0.5) is 10.8 Å². The molecule has 20 heavy (non-hydrogen) atoms. The fraction of sp³-hybridized carbons (Fsp3) is 0.200. The SMILES string of the molecule is C=CCNC(=O)c1csc(Nc2ccc(C)cc2C)n1.